The Hall–Kier alpha value is -4.46. The van der Waals surface area contributed by atoms with Crippen molar-refractivity contribution < 1.29 is 58.6 Å². The molecule has 254 valence electrons. The van der Waals surface area contributed by atoms with Crippen LogP contribution in [0.5, 0.6) is 17.2 Å². The Balaban J connectivity index is 1.17. The Morgan fingerprint density at radius 3 is 2.55 bits per heavy atom. The zero-order chi connectivity index (χ0) is 34.1. The average molecular weight is 658 g/mol. The summed E-state index contributed by atoms with van der Waals surface area (Å²) in [5.41, 5.74) is -0.147. The fourth-order valence-electron chi connectivity index (χ4n) is 8.58. The lowest BCUT2D eigenvalue weighted by Gasteiger charge is -2.58. The minimum Gasteiger partial charge on any atom is -0.504 e. The Morgan fingerprint density at radius 1 is 1.06 bits per heavy atom. The Bertz CT molecular complexity index is 1520. The molecule has 0 aromatic heterocycles. The van der Waals surface area contributed by atoms with Crippen LogP contribution in [0.1, 0.15) is 69.2 Å². The first-order valence-corrected chi connectivity index (χ1v) is 15.7. The van der Waals surface area contributed by atoms with Gasteiger partial charge in [-0.3, -0.25) is 9.59 Å². The molecule has 47 heavy (non-hydrogen) atoms. The van der Waals surface area contributed by atoms with Crippen LogP contribution in [0.3, 0.4) is 0 Å². The standard InChI is InChI=1S/C33H39NO13/c1-32-10-9-20(35)15-19(32)5-6-21-22-7-8-23(33(22,2)16-25(37)28(21)32)26(38)17-45-31(41)47-27-14-18(13-24(36)29(27)39)30(40)44-11-3-4-12-46-34(42)43/h9-10,13-15,21-23,25,28,36-37,39H,3-8,11-12,16-17H2,1-2H3. The van der Waals surface area contributed by atoms with E-state index in [0.29, 0.717) is 12.8 Å². The summed E-state index contributed by atoms with van der Waals surface area (Å²) in [7, 11) is 0. The van der Waals surface area contributed by atoms with E-state index in [4.69, 9.17) is 14.2 Å². The zero-order valence-electron chi connectivity index (χ0n) is 26.2. The maximum Gasteiger partial charge on any atom is 0.514 e. The molecular formula is C33H39NO13. The second-order valence-corrected chi connectivity index (χ2v) is 13.3. The van der Waals surface area contributed by atoms with Crippen molar-refractivity contribution in [2.75, 3.05) is 19.8 Å². The smallest absolute Gasteiger partial charge is 0.504 e. The molecule has 0 bridgehead atoms. The monoisotopic (exact) mass is 657 g/mol. The predicted molar refractivity (Wildman–Crippen MR) is 161 cm³/mol. The number of rotatable bonds is 11. The molecule has 1 aromatic carbocycles. The number of fused-ring (bicyclic) bond motifs is 5. The van der Waals surface area contributed by atoms with Gasteiger partial charge in [-0.1, -0.05) is 25.5 Å². The van der Waals surface area contributed by atoms with E-state index in [9.17, 15) is 44.6 Å². The van der Waals surface area contributed by atoms with Gasteiger partial charge < -0.3 is 34.4 Å². The molecule has 4 aliphatic rings. The van der Waals surface area contributed by atoms with Crippen molar-refractivity contribution in [3.05, 3.63) is 51.6 Å². The number of aliphatic hydroxyl groups is 1. The van der Waals surface area contributed by atoms with Gasteiger partial charge in [0.1, 0.15) is 0 Å². The number of nitrogens with zero attached hydrogens (tertiary/aromatic N) is 1. The van der Waals surface area contributed by atoms with Crippen LogP contribution >= 0.6 is 0 Å². The molecule has 3 N–H and O–H groups in total. The first kappa shape index (κ1) is 33.9. The van der Waals surface area contributed by atoms with Gasteiger partial charge in [0, 0.05) is 17.3 Å². The number of unbranched alkanes of at least 4 members (excludes halogenated alkanes) is 1. The molecule has 0 saturated heterocycles. The van der Waals surface area contributed by atoms with Gasteiger partial charge >= 0.3 is 12.1 Å². The lowest BCUT2D eigenvalue weighted by molar-refractivity contribution is -0.757. The van der Waals surface area contributed by atoms with Crippen LogP contribution in [0.4, 0.5) is 4.79 Å². The number of carbonyl (C=O) groups is 4. The van der Waals surface area contributed by atoms with E-state index in [2.05, 4.69) is 11.8 Å². The fraction of sp³-hybridized carbons (Fsp3) is 0.576. The molecule has 0 aliphatic heterocycles. The summed E-state index contributed by atoms with van der Waals surface area (Å²) in [5.74, 6) is -3.70. The van der Waals surface area contributed by atoms with E-state index in [1.165, 1.54) is 0 Å². The highest BCUT2D eigenvalue weighted by molar-refractivity contribution is 6.01. The van der Waals surface area contributed by atoms with Crippen molar-refractivity contribution in [1.82, 2.24) is 0 Å². The van der Waals surface area contributed by atoms with Crippen LogP contribution in [-0.2, 0) is 23.9 Å². The maximum absolute atomic E-state index is 13.5. The van der Waals surface area contributed by atoms with E-state index in [1.54, 1.807) is 12.2 Å². The molecule has 0 amide bonds. The first-order valence-electron chi connectivity index (χ1n) is 15.7. The van der Waals surface area contributed by atoms with Gasteiger partial charge in [0.25, 0.3) is 5.09 Å². The van der Waals surface area contributed by atoms with Crippen LogP contribution in [0.25, 0.3) is 0 Å². The summed E-state index contributed by atoms with van der Waals surface area (Å²) in [4.78, 5) is 64.8. The van der Waals surface area contributed by atoms with Crippen molar-refractivity contribution in [3.63, 3.8) is 0 Å². The minimum atomic E-state index is -1.34. The van der Waals surface area contributed by atoms with Gasteiger partial charge in [-0.05, 0) is 86.5 Å². The average Bonchev–Trinajstić information content (AvgIpc) is 3.36. The first-order chi connectivity index (χ1) is 22.2. The largest absolute Gasteiger partial charge is 0.514 e. The molecule has 4 aliphatic carbocycles. The number of aliphatic hydroxyl groups excluding tert-OH is 1. The van der Waals surface area contributed by atoms with Gasteiger partial charge in [-0.2, -0.15) is 0 Å². The Labute approximate surface area is 270 Å². The van der Waals surface area contributed by atoms with Gasteiger partial charge in [-0.25, -0.2) is 9.59 Å². The molecule has 0 heterocycles. The number of phenolic OH excluding ortho intramolecular Hbond substituents is 2. The fourth-order valence-corrected chi connectivity index (χ4v) is 8.58. The van der Waals surface area contributed by atoms with Gasteiger partial charge in [0.2, 0.25) is 5.75 Å². The molecule has 3 saturated carbocycles. The number of hydrogen-bond donors (Lipinski definition) is 3. The quantitative estimate of drug-likeness (QED) is 0.0761. The van der Waals surface area contributed by atoms with E-state index in [-0.39, 0.29) is 60.9 Å². The van der Waals surface area contributed by atoms with Crippen molar-refractivity contribution in [2.45, 2.75) is 64.9 Å². The molecule has 1 aromatic rings. The summed E-state index contributed by atoms with van der Waals surface area (Å²) in [6.45, 7) is 3.21. The van der Waals surface area contributed by atoms with Crippen LogP contribution in [0, 0.1) is 44.6 Å². The molecule has 3 fully saturated rings. The molecule has 14 nitrogen and oxygen atoms in total. The Kier molecular flexibility index (Phi) is 9.62. The summed E-state index contributed by atoms with van der Waals surface area (Å²) >= 11 is 0. The molecule has 7 unspecified atom stereocenters. The normalized spacial score (nSPS) is 30.7. The molecule has 0 radical (unpaired) electrons. The lowest BCUT2D eigenvalue weighted by atomic mass is 9.46. The number of phenols is 2. The molecule has 0 spiro atoms. The number of benzene rings is 1. The SMILES string of the molecule is CC12C=CC(=O)C=C1CCC1C2C(O)CC2(C)C(C(=O)COC(=O)Oc3cc(C(=O)OCCCCO[N+](=O)[O-])cc(O)c3O)CCC12. The van der Waals surface area contributed by atoms with E-state index in [1.807, 2.05) is 13.0 Å². The van der Waals surface area contributed by atoms with E-state index >= 15 is 0 Å². The minimum absolute atomic E-state index is 0.0364. The molecule has 7 atom stereocenters. The number of Topliss-reactive ketones (excluding diaryl/α,β-unsaturated/α-hetero) is 1. The number of carbonyl (C=O) groups excluding carboxylic acids is 4. The Morgan fingerprint density at radius 2 is 1.81 bits per heavy atom. The van der Waals surface area contributed by atoms with Crippen LogP contribution in [0.2, 0.25) is 0 Å². The van der Waals surface area contributed by atoms with Crippen molar-refractivity contribution in [1.29, 1.82) is 0 Å². The second-order valence-electron chi connectivity index (χ2n) is 13.3. The third-order valence-corrected chi connectivity index (χ3v) is 10.7. The highest BCUT2D eigenvalue weighted by Crippen LogP contribution is 2.66. The predicted octanol–water partition coefficient (Wildman–Crippen LogP) is 4.22. The van der Waals surface area contributed by atoms with Gasteiger partial charge in [0.15, 0.2) is 29.7 Å². The second kappa shape index (κ2) is 13.3. The highest BCUT2D eigenvalue weighted by atomic mass is 16.9. The molecule has 14 heteroatoms. The number of ether oxygens (including phenoxy) is 3. The summed E-state index contributed by atoms with van der Waals surface area (Å²) in [6, 6.07) is 1.87. The van der Waals surface area contributed by atoms with Crippen LogP contribution in [0.15, 0.2) is 35.9 Å². The zero-order valence-corrected chi connectivity index (χ0v) is 26.2. The number of hydrogen-bond acceptors (Lipinski definition) is 13. The van der Waals surface area contributed by atoms with E-state index in [0.717, 1.165) is 37.0 Å². The van der Waals surface area contributed by atoms with E-state index < -0.39 is 63.9 Å². The number of aromatic hydroxyl groups is 2. The van der Waals surface area contributed by atoms with Crippen LogP contribution in [-0.4, -0.2) is 70.0 Å². The van der Waals surface area contributed by atoms with Gasteiger partial charge in [-0.15, -0.1) is 10.1 Å². The van der Waals surface area contributed by atoms with Crippen LogP contribution < -0.4 is 4.74 Å². The van der Waals surface area contributed by atoms with Crippen molar-refractivity contribution in [3.8, 4) is 17.2 Å². The highest BCUT2D eigenvalue weighted by Gasteiger charge is 2.62. The molecular weight excluding hydrogens is 618 g/mol. The topological polar surface area (TPSA) is 209 Å². The molecule has 5 rings (SSSR count). The number of ketones is 2. The van der Waals surface area contributed by atoms with Crippen molar-refractivity contribution in [2.24, 2.45) is 34.5 Å². The number of esters is 1. The third-order valence-electron chi connectivity index (χ3n) is 10.7. The van der Waals surface area contributed by atoms with Crippen molar-refractivity contribution >= 4 is 23.7 Å². The van der Waals surface area contributed by atoms with Gasteiger partial charge in [0.05, 0.1) is 24.9 Å². The summed E-state index contributed by atoms with van der Waals surface area (Å²) in [6.07, 6.45) is 7.00. The summed E-state index contributed by atoms with van der Waals surface area (Å²) in [5, 5.41) is 41.0. The number of allylic oxidation sites excluding steroid dienone is 4. The maximum atomic E-state index is 13.5. The summed E-state index contributed by atoms with van der Waals surface area (Å²) < 4.78 is 15.2. The lowest BCUT2D eigenvalue weighted by Crippen LogP contribution is -2.56. The third kappa shape index (κ3) is 6.69.